The number of rotatable bonds is 6. The molecule has 11 heteroatoms. The first-order valence-electron chi connectivity index (χ1n) is 10.5. The van der Waals surface area contributed by atoms with Gasteiger partial charge in [-0.1, -0.05) is 11.6 Å². The van der Waals surface area contributed by atoms with E-state index >= 15 is 0 Å². The number of nitrogens with one attached hydrogen (secondary N) is 1. The van der Waals surface area contributed by atoms with E-state index in [4.69, 9.17) is 11.6 Å². The average Bonchev–Trinajstić information content (AvgIpc) is 3.59. The highest BCUT2D eigenvalue weighted by atomic mass is 35.5. The van der Waals surface area contributed by atoms with Crippen LogP contribution < -0.4 is 4.90 Å². The summed E-state index contributed by atoms with van der Waals surface area (Å²) in [6, 6.07) is 5.20. The Morgan fingerprint density at radius 1 is 1.39 bits per heavy atom. The summed E-state index contributed by atoms with van der Waals surface area (Å²) in [5.74, 6) is -0.304. The van der Waals surface area contributed by atoms with Gasteiger partial charge in [0.1, 0.15) is 17.1 Å². The lowest BCUT2D eigenvalue weighted by molar-refractivity contribution is 0.281. The number of anilines is 1. The van der Waals surface area contributed by atoms with Gasteiger partial charge in [0, 0.05) is 47.9 Å². The monoisotopic (exact) mass is 466 g/mol. The van der Waals surface area contributed by atoms with Crippen molar-refractivity contribution in [2.45, 2.75) is 25.5 Å². The second-order valence-electron chi connectivity index (χ2n) is 8.00. The number of aromatic nitrogens is 6. The maximum Gasteiger partial charge on any atom is 0.166 e. The van der Waals surface area contributed by atoms with Crippen LogP contribution in [0.1, 0.15) is 24.4 Å². The van der Waals surface area contributed by atoms with E-state index in [0.717, 1.165) is 28.7 Å². The lowest BCUT2D eigenvalue weighted by Crippen LogP contribution is -2.26. The molecule has 2 N–H and O–H groups in total. The minimum atomic E-state index is -0.526. The Morgan fingerprint density at radius 3 is 3.09 bits per heavy atom. The number of H-pyrrole nitrogens is 1. The number of aliphatic hydroxyl groups is 1. The van der Waals surface area contributed by atoms with Crippen LogP contribution in [-0.2, 0) is 6.61 Å². The van der Waals surface area contributed by atoms with E-state index in [1.54, 1.807) is 10.9 Å². The summed E-state index contributed by atoms with van der Waals surface area (Å²) >= 11 is 6.08. The van der Waals surface area contributed by atoms with Crippen molar-refractivity contribution >= 4 is 28.5 Å². The van der Waals surface area contributed by atoms with E-state index in [2.05, 4.69) is 31.1 Å². The molecule has 0 saturated carbocycles. The van der Waals surface area contributed by atoms with Crippen molar-refractivity contribution in [2.75, 3.05) is 18.0 Å². The smallest absolute Gasteiger partial charge is 0.166 e. The number of hydrogen-bond acceptors (Lipinski definition) is 7. The SMILES string of the molecule is N#CCC(C1CCN(c2nc(Cl)c(CO)cc2F)C1)n1cc(-c2ncnc3[nH]ccc23)cn1. The number of nitriles is 1. The van der Waals surface area contributed by atoms with Crippen molar-refractivity contribution in [3.05, 3.63) is 53.6 Å². The van der Waals surface area contributed by atoms with Gasteiger partial charge in [-0.2, -0.15) is 10.4 Å². The van der Waals surface area contributed by atoms with Gasteiger partial charge in [-0.3, -0.25) is 4.68 Å². The van der Waals surface area contributed by atoms with Crippen LogP contribution in [0.15, 0.2) is 37.1 Å². The molecule has 4 aromatic rings. The quantitative estimate of drug-likeness (QED) is 0.417. The largest absolute Gasteiger partial charge is 0.392 e. The summed E-state index contributed by atoms with van der Waals surface area (Å²) in [5, 5.41) is 24.3. The van der Waals surface area contributed by atoms with Crippen molar-refractivity contribution in [3.8, 4) is 17.3 Å². The molecule has 5 rings (SSSR count). The van der Waals surface area contributed by atoms with Crippen LogP contribution in [-0.4, -0.2) is 47.9 Å². The zero-order valence-corrected chi connectivity index (χ0v) is 18.2. The Kier molecular flexibility index (Phi) is 5.66. The topological polar surface area (TPSA) is 120 Å². The van der Waals surface area contributed by atoms with Gasteiger partial charge in [-0.25, -0.2) is 19.3 Å². The normalized spacial score (nSPS) is 16.9. The molecule has 2 atom stereocenters. The fraction of sp³-hybridized carbons (Fsp3) is 0.318. The van der Waals surface area contributed by atoms with E-state index in [0.29, 0.717) is 13.1 Å². The Bertz CT molecular complexity index is 1350. The molecular formula is C22H20ClFN8O. The molecule has 33 heavy (non-hydrogen) atoms. The first-order chi connectivity index (χ1) is 16.1. The molecule has 0 aliphatic carbocycles. The average molecular weight is 467 g/mol. The van der Waals surface area contributed by atoms with E-state index in [-0.39, 0.29) is 41.5 Å². The minimum absolute atomic E-state index is 0.0626. The van der Waals surface area contributed by atoms with Gasteiger partial charge in [0.15, 0.2) is 11.6 Å². The van der Waals surface area contributed by atoms with Gasteiger partial charge in [-0.05, 0) is 18.6 Å². The third-order valence-electron chi connectivity index (χ3n) is 6.09. The number of aromatic amines is 1. The van der Waals surface area contributed by atoms with Gasteiger partial charge >= 0.3 is 0 Å². The van der Waals surface area contributed by atoms with Crippen molar-refractivity contribution in [3.63, 3.8) is 0 Å². The molecule has 0 aromatic carbocycles. The first-order valence-corrected chi connectivity index (χ1v) is 10.9. The summed E-state index contributed by atoms with van der Waals surface area (Å²) in [7, 11) is 0. The predicted molar refractivity (Wildman–Crippen MR) is 120 cm³/mol. The Balaban J connectivity index is 1.40. The highest BCUT2D eigenvalue weighted by Gasteiger charge is 2.33. The van der Waals surface area contributed by atoms with Crippen molar-refractivity contribution < 1.29 is 9.50 Å². The van der Waals surface area contributed by atoms with E-state index < -0.39 is 5.82 Å². The minimum Gasteiger partial charge on any atom is -0.392 e. The van der Waals surface area contributed by atoms with Crippen LogP contribution in [0.3, 0.4) is 0 Å². The molecule has 1 fully saturated rings. The summed E-state index contributed by atoms with van der Waals surface area (Å²) in [5.41, 5.74) is 2.59. The molecule has 2 unspecified atom stereocenters. The van der Waals surface area contributed by atoms with Crippen LogP contribution in [0.25, 0.3) is 22.3 Å². The molecule has 1 aliphatic heterocycles. The molecule has 0 radical (unpaired) electrons. The third kappa shape index (κ3) is 3.90. The summed E-state index contributed by atoms with van der Waals surface area (Å²) in [6.45, 7) is 0.712. The van der Waals surface area contributed by atoms with E-state index in [1.807, 2.05) is 23.4 Å². The van der Waals surface area contributed by atoms with E-state index in [1.165, 1.54) is 12.4 Å². The van der Waals surface area contributed by atoms with Crippen molar-refractivity contribution in [1.29, 1.82) is 5.26 Å². The van der Waals surface area contributed by atoms with Crippen LogP contribution in [0.5, 0.6) is 0 Å². The molecule has 5 heterocycles. The molecule has 4 aromatic heterocycles. The van der Waals surface area contributed by atoms with Crippen LogP contribution in [0.2, 0.25) is 5.15 Å². The van der Waals surface area contributed by atoms with Gasteiger partial charge in [-0.15, -0.1) is 0 Å². The predicted octanol–water partition coefficient (Wildman–Crippen LogP) is 3.48. The fourth-order valence-corrected chi connectivity index (χ4v) is 4.63. The van der Waals surface area contributed by atoms with Crippen molar-refractivity contribution in [2.24, 2.45) is 5.92 Å². The zero-order chi connectivity index (χ0) is 22.9. The Labute approximate surface area is 193 Å². The number of nitrogens with zero attached hydrogens (tertiary/aromatic N) is 7. The molecule has 168 valence electrons. The van der Waals surface area contributed by atoms with Gasteiger partial charge in [0.05, 0.1) is 37.0 Å². The third-order valence-corrected chi connectivity index (χ3v) is 6.42. The van der Waals surface area contributed by atoms with Gasteiger partial charge in [0.25, 0.3) is 0 Å². The maximum atomic E-state index is 14.6. The van der Waals surface area contributed by atoms with Crippen LogP contribution in [0.4, 0.5) is 10.2 Å². The number of hydrogen-bond donors (Lipinski definition) is 2. The number of fused-ring (bicyclic) bond motifs is 1. The second kappa shape index (κ2) is 8.77. The molecule has 1 aliphatic rings. The Morgan fingerprint density at radius 2 is 2.27 bits per heavy atom. The second-order valence-corrected chi connectivity index (χ2v) is 8.36. The number of pyridine rings is 1. The van der Waals surface area contributed by atoms with Crippen LogP contribution >= 0.6 is 11.6 Å². The molecule has 0 bridgehead atoms. The zero-order valence-electron chi connectivity index (χ0n) is 17.5. The molecular weight excluding hydrogens is 447 g/mol. The summed E-state index contributed by atoms with van der Waals surface area (Å²) in [4.78, 5) is 17.7. The number of aliphatic hydroxyl groups excluding tert-OH is 1. The lowest BCUT2D eigenvalue weighted by Gasteiger charge is -2.23. The maximum absolute atomic E-state index is 14.6. The highest BCUT2D eigenvalue weighted by molar-refractivity contribution is 6.30. The van der Waals surface area contributed by atoms with Crippen LogP contribution in [0, 0.1) is 23.1 Å². The summed E-state index contributed by atoms with van der Waals surface area (Å²) < 4.78 is 16.4. The first kappa shape index (κ1) is 21.3. The van der Waals surface area contributed by atoms with E-state index in [9.17, 15) is 14.8 Å². The molecule has 1 saturated heterocycles. The highest BCUT2D eigenvalue weighted by Crippen LogP contribution is 2.35. The lowest BCUT2D eigenvalue weighted by atomic mass is 9.96. The Hall–Kier alpha value is -3.55. The molecule has 0 spiro atoms. The number of halogens is 2. The standard InChI is InChI=1S/C22H20ClFN8O/c23-20-14(11-33)7-17(24)22(30-20)31-6-3-13(9-31)18(1-4-25)32-10-15(8-29-32)19-16-2-5-26-21(16)28-12-27-19/h2,5,7-8,10,12-13,18,33H,1,3,6,9,11H2,(H,26,27,28). The van der Waals surface area contributed by atoms with Gasteiger partial charge < -0.3 is 15.0 Å². The molecule has 9 nitrogen and oxygen atoms in total. The van der Waals surface area contributed by atoms with Crippen molar-refractivity contribution in [1.82, 2.24) is 29.7 Å². The fourth-order valence-electron chi connectivity index (χ4n) is 4.44. The summed E-state index contributed by atoms with van der Waals surface area (Å²) in [6.07, 6.45) is 7.96. The van der Waals surface area contributed by atoms with Gasteiger partial charge in [0.2, 0.25) is 0 Å². The molecule has 0 amide bonds.